The highest BCUT2D eigenvalue weighted by Gasteiger charge is 2.19. The third-order valence-corrected chi connectivity index (χ3v) is 6.24. The van der Waals surface area contributed by atoms with E-state index < -0.39 is 5.97 Å². The van der Waals surface area contributed by atoms with Crippen LogP contribution in [-0.2, 0) is 0 Å². The van der Waals surface area contributed by atoms with E-state index in [0.717, 1.165) is 22.3 Å². The molecule has 2 aromatic carbocycles. The van der Waals surface area contributed by atoms with Gasteiger partial charge in [-0.3, -0.25) is 9.20 Å². The number of aryl methyl sites for hydroxylation is 2. The SMILES string of the molecule is Cc1cc([C@@H](C)Nc2ccccc2C(=O)O)c2nc(-c3ccc(-c4nc(C)no4)cc3)c(C)c(=O)n2c1. The number of nitrogens with one attached hydrogen (secondary N) is 1. The van der Waals surface area contributed by atoms with Crippen LogP contribution in [0.15, 0.2) is 70.1 Å². The van der Waals surface area contributed by atoms with Gasteiger partial charge in [-0.15, -0.1) is 0 Å². The predicted molar refractivity (Wildman–Crippen MR) is 140 cm³/mol. The van der Waals surface area contributed by atoms with E-state index in [1.165, 1.54) is 0 Å². The molecule has 0 fully saturated rings. The highest BCUT2D eigenvalue weighted by atomic mass is 16.5. The number of carbonyl (C=O) groups is 1. The molecular formula is C28H25N5O4. The fourth-order valence-corrected chi connectivity index (χ4v) is 4.39. The first-order chi connectivity index (χ1) is 17.7. The number of aromatic nitrogens is 4. The van der Waals surface area contributed by atoms with Crippen LogP contribution in [0.2, 0.25) is 0 Å². The van der Waals surface area contributed by atoms with Crippen LogP contribution >= 0.6 is 0 Å². The van der Waals surface area contributed by atoms with E-state index in [4.69, 9.17) is 9.51 Å². The van der Waals surface area contributed by atoms with Gasteiger partial charge in [-0.05, 0) is 63.6 Å². The van der Waals surface area contributed by atoms with E-state index in [0.29, 0.717) is 34.3 Å². The Morgan fingerprint density at radius 3 is 2.41 bits per heavy atom. The number of benzene rings is 2. The average Bonchev–Trinajstić information content (AvgIpc) is 3.32. The van der Waals surface area contributed by atoms with E-state index in [2.05, 4.69) is 15.5 Å². The first-order valence-corrected chi connectivity index (χ1v) is 11.8. The molecule has 186 valence electrons. The summed E-state index contributed by atoms with van der Waals surface area (Å²) >= 11 is 0. The van der Waals surface area contributed by atoms with Crippen molar-refractivity contribution >= 4 is 17.3 Å². The summed E-state index contributed by atoms with van der Waals surface area (Å²) in [5.41, 5.74) is 5.29. The van der Waals surface area contributed by atoms with Gasteiger partial charge in [0.25, 0.3) is 11.4 Å². The van der Waals surface area contributed by atoms with Gasteiger partial charge in [0.05, 0.1) is 17.3 Å². The smallest absolute Gasteiger partial charge is 0.337 e. The van der Waals surface area contributed by atoms with E-state index >= 15 is 0 Å². The highest BCUT2D eigenvalue weighted by molar-refractivity contribution is 5.94. The van der Waals surface area contributed by atoms with E-state index in [1.54, 1.807) is 48.7 Å². The molecule has 0 saturated carbocycles. The topological polar surface area (TPSA) is 123 Å². The zero-order valence-corrected chi connectivity index (χ0v) is 20.8. The minimum Gasteiger partial charge on any atom is -0.478 e. The fraction of sp³-hybridized carbons (Fsp3) is 0.179. The van der Waals surface area contributed by atoms with Crippen molar-refractivity contribution in [2.75, 3.05) is 5.32 Å². The molecule has 5 rings (SSSR count). The van der Waals surface area contributed by atoms with Crippen LogP contribution in [0, 0.1) is 20.8 Å². The molecule has 37 heavy (non-hydrogen) atoms. The number of hydrogen-bond acceptors (Lipinski definition) is 7. The van der Waals surface area contributed by atoms with Gasteiger partial charge in [0, 0.05) is 34.1 Å². The Morgan fingerprint density at radius 2 is 1.73 bits per heavy atom. The fourth-order valence-electron chi connectivity index (χ4n) is 4.39. The number of para-hydroxylation sites is 1. The molecule has 0 aliphatic heterocycles. The summed E-state index contributed by atoms with van der Waals surface area (Å²) in [6.07, 6.45) is 1.77. The number of carboxylic acids is 1. The van der Waals surface area contributed by atoms with Crippen LogP contribution in [0.3, 0.4) is 0 Å². The molecule has 9 heteroatoms. The lowest BCUT2D eigenvalue weighted by atomic mass is 10.0. The van der Waals surface area contributed by atoms with Crippen molar-refractivity contribution in [3.63, 3.8) is 0 Å². The number of hydrogen-bond donors (Lipinski definition) is 2. The number of pyridine rings is 1. The van der Waals surface area contributed by atoms with E-state index in [9.17, 15) is 14.7 Å². The minimum absolute atomic E-state index is 0.167. The lowest BCUT2D eigenvalue weighted by Gasteiger charge is -2.20. The van der Waals surface area contributed by atoms with Crippen LogP contribution < -0.4 is 10.9 Å². The van der Waals surface area contributed by atoms with Crippen molar-refractivity contribution in [3.8, 4) is 22.7 Å². The summed E-state index contributed by atoms with van der Waals surface area (Å²) in [6.45, 7) is 7.35. The Labute approximate surface area is 212 Å². The second kappa shape index (κ2) is 9.34. The highest BCUT2D eigenvalue weighted by Crippen LogP contribution is 2.28. The summed E-state index contributed by atoms with van der Waals surface area (Å²) in [6, 6.07) is 15.8. The molecule has 3 aromatic heterocycles. The number of rotatable bonds is 6. The van der Waals surface area contributed by atoms with Crippen molar-refractivity contribution in [2.24, 2.45) is 0 Å². The number of fused-ring (bicyclic) bond motifs is 1. The Kier molecular flexibility index (Phi) is 6.04. The minimum atomic E-state index is -1.02. The summed E-state index contributed by atoms with van der Waals surface area (Å²) < 4.78 is 6.80. The van der Waals surface area contributed by atoms with Crippen LogP contribution in [-0.4, -0.2) is 30.6 Å². The number of carboxylic acid groups (broad SMARTS) is 1. The zero-order chi connectivity index (χ0) is 26.3. The summed E-state index contributed by atoms with van der Waals surface area (Å²) in [5, 5.41) is 16.7. The van der Waals surface area contributed by atoms with Crippen LogP contribution in [0.1, 0.15) is 45.8 Å². The molecular weight excluding hydrogens is 470 g/mol. The molecule has 1 atom stereocenters. The molecule has 0 bridgehead atoms. The van der Waals surface area contributed by atoms with Crippen molar-refractivity contribution in [2.45, 2.75) is 33.7 Å². The zero-order valence-electron chi connectivity index (χ0n) is 20.8. The van der Waals surface area contributed by atoms with Gasteiger partial charge in [-0.1, -0.05) is 29.4 Å². The normalized spacial score (nSPS) is 12.0. The molecule has 0 radical (unpaired) electrons. The number of nitrogens with zero attached hydrogens (tertiary/aromatic N) is 4. The average molecular weight is 496 g/mol. The third-order valence-electron chi connectivity index (χ3n) is 6.24. The number of anilines is 1. The maximum atomic E-state index is 13.4. The first-order valence-electron chi connectivity index (χ1n) is 11.8. The molecule has 0 aliphatic rings. The van der Waals surface area contributed by atoms with Crippen LogP contribution in [0.25, 0.3) is 28.4 Å². The van der Waals surface area contributed by atoms with Crippen LogP contribution in [0.4, 0.5) is 5.69 Å². The van der Waals surface area contributed by atoms with Gasteiger partial charge in [-0.2, -0.15) is 4.98 Å². The van der Waals surface area contributed by atoms with E-state index in [-0.39, 0.29) is 17.2 Å². The lowest BCUT2D eigenvalue weighted by Crippen LogP contribution is -2.22. The molecule has 0 amide bonds. The molecule has 0 aliphatic carbocycles. The quantitative estimate of drug-likeness (QED) is 0.329. The van der Waals surface area contributed by atoms with Gasteiger partial charge in [0.15, 0.2) is 5.82 Å². The largest absolute Gasteiger partial charge is 0.478 e. The molecule has 5 aromatic rings. The second-order valence-electron chi connectivity index (χ2n) is 9.00. The van der Waals surface area contributed by atoms with Gasteiger partial charge < -0.3 is 14.9 Å². The van der Waals surface area contributed by atoms with Crippen molar-refractivity contribution in [1.82, 2.24) is 19.5 Å². The maximum Gasteiger partial charge on any atom is 0.337 e. The number of aromatic carboxylic acids is 1. The summed E-state index contributed by atoms with van der Waals surface area (Å²) in [5.74, 6) is -0.0434. The predicted octanol–water partition coefficient (Wildman–Crippen LogP) is 5.21. The monoisotopic (exact) mass is 495 g/mol. The summed E-state index contributed by atoms with van der Waals surface area (Å²) in [4.78, 5) is 34.3. The Morgan fingerprint density at radius 1 is 1.03 bits per heavy atom. The maximum absolute atomic E-state index is 13.4. The van der Waals surface area contributed by atoms with Gasteiger partial charge in [0.2, 0.25) is 0 Å². The van der Waals surface area contributed by atoms with Crippen molar-refractivity contribution in [3.05, 3.63) is 99.2 Å². The van der Waals surface area contributed by atoms with Gasteiger partial charge >= 0.3 is 5.97 Å². The molecule has 0 unspecified atom stereocenters. The molecule has 9 nitrogen and oxygen atoms in total. The van der Waals surface area contributed by atoms with Crippen LogP contribution in [0.5, 0.6) is 0 Å². The van der Waals surface area contributed by atoms with Crippen molar-refractivity contribution < 1.29 is 14.4 Å². The third kappa shape index (κ3) is 4.47. The molecule has 3 heterocycles. The molecule has 0 spiro atoms. The standard InChI is InChI=1S/C28H25N5O4/c1-15-13-22(17(3)29-23-8-6-5-7-21(23)28(35)36)25-31-24(16(2)27(34)33(25)14-15)19-9-11-20(12-10-19)26-30-18(4)32-37-26/h5-14,17,29H,1-4H3,(H,35,36)/t17-/m1/s1. The lowest BCUT2D eigenvalue weighted by molar-refractivity contribution is 0.0698. The molecule has 2 N–H and O–H groups in total. The van der Waals surface area contributed by atoms with Gasteiger partial charge in [0.1, 0.15) is 5.65 Å². The van der Waals surface area contributed by atoms with Crippen molar-refractivity contribution in [1.29, 1.82) is 0 Å². The summed E-state index contributed by atoms with van der Waals surface area (Å²) in [7, 11) is 0. The molecule has 0 saturated heterocycles. The Bertz CT molecular complexity index is 1700. The van der Waals surface area contributed by atoms with Gasteiger partial charge in [-0.25, -0.2) is 9.78 Å². The Hall–Kier alpha value is -4.79. The van der Waals surface area contributed by atoms with E-state index in [1.807, 2.05) is 44.2 Å². The Balaban J connectivity index is 1.60. The first kappa shape index (κ1) is 23.9. The second-order valence-corrected chi connectivity index (χ2v) is 9.00.